The second kappa shape index (κ2) is 9.00. The molecule has 1 aliphatic rings. The van der Waals surface area contributed by atoms with Gasteiger partial charge in [-0.15, -0.1) is 10.2 Å². The summed E-state index contributed by atoms with van der Waals surface area (Å²) in [6, 6.07) is 14.3. The maximum atomic E-state index is 14.1. The van der Waals surface area contributed by atoms with E-state index in [2.05, 4.69) is 15.2 Å². The number of aromatic nitrogens is 4. The highest BCUT2D eigenvalue weighted by Crippen LogP contribution is 2.33. The van der Waals surface area contributed by atoms with E-state index < -0.39 is 0 Å². The summed E-state index contributed by atoms with van der Waals surface area (Å²) in [6.45, 7) is 2.05. The zero-order valence-corrected chi connectivity index (χ0v) is 18.2. The normalized spacial score (nSPS) is 16.3. The third kappa shape index (κ3) is 4.31. The van der Waals surface area contributed by atoms with Gasteiger partial charge in [-0.3, -0.25) is 4.79 Å². The van der Waals surface area contributed by atoms with Crippen LogP contribution in [0, 0.1) is 5.82 Å². The second-order valence-corrected chi connectivity index (χ2v) is 8.96. The second-order valence-electron chi connectivity index (χ2n) is 7.95. The highest BCUT2D eigenvalue weighted by molar-refractivity contribution is 7.14. The van der Waals surface area contributed by atoms with Crippen LogP contribution < -0.4 is 0 Å². The van der Waals surface area contributed by atoms with E-state index in [1.54, 1.807) is 30.7 Å². The van der Waals surface area contributed by atoms with Crippen molar-refractivity contribution in [2.45, 2.75) is 25.3 Å². The Hall–Kier alpha value is -3.39. The van der Waals surface area contributed by atoms with Gasteiger partial charge in [0.05, 0.1) is 6.33 Å². The summed E-state index contributed by atoms with van der Waals surface area (Å²) in [4.78, 5) is 19.1. The number of halogens is 1. The van der Waals surface area contributed by atoms with Crippen LogP contribution >= 0.6 is 11.3 Å². The van der Waals surface area contributed by atoms with E-state index in [-0.39, 0.29) is 17.6 Å². The van der Waals surface area contributed by atoms with Gasteiger partial charge >= 0.3 is 0 Å². The molecule has 1 saturated heterocycles. The maximum Gasteiger partial charge on any atom is 0.253 e. The molecule has 2 aromatic heterocycles. The average Bonchev–Trinajstić information content (AvgIpc) is 3.52. The quantitative estimate of drug-likeness (QED) is 0.448. The van der Waals surface area contributed by atoms with Crippen molar-refractivity contribution in [2.24, 2.45) is 0 Å². The zero-order chi connectivity index (χ0) is 21.9. The number of hydrogen-bond acceptors (Lipinski definition) is 5. The molecule has 1 aliphatic heterocycles. The molecule has 0 bridgehead atoms. The third-order valence-electron chi connectivity index (χ3n) is 5.73. The highest BCUT2D eigenvalue weighted by atomic mass is 32.1. The van der Waals surface area contributed by atoms with Gasteiger partial charge in [0.15, 0.2) is 5.01 Å². The topological polar surface area (TPSA) is 63.9 Å². The first-order chi connectivity index (χ1) is 15.7. The summed E-state index contributed by atoms with van der Waals surface area (Å²) in [5.41, 5.74) is 2.27. The number of carbonyl (C=O) groups is 1. The molecule has 8 heteroatoms. The van der Waals surface area contributed by atoms with Crippen molar-refractivity contribution in [2.75, 3.05) is 13.1 Å². The van der Waals surface area contributed by atoms with Gasteiger partial charge in [-0.2, -0.15) is 0 Å². The fraction of sp³-hybridized carbons (Fsp3) is 0.250. The molecule has 0 spiro atoms. The largest absolute Gasteiger partial charge is 0.338 e. The van der Waals surface area contributed by atoms with Crippen LogP contribution in [0.1, 0.15) is 39.7 Å². The maximum absolute atomic E-state index is 14.1. The monoisotopic (exact) mass is 447 g/mol. The van der Waals surface area contributed by atoms with E-state index in [0.717, 1.165) is 36.5 Å². The Balaban J connectivity index is 1.27. The third-order valence-corrected chi connectivity index (χ3v) is 6.85. The molecular formula is C24H22FN5OS. The standard InChI is InChI=1S/C24H22FN5OS/c25-21-6-2-1-5-20(21)23-28-27-22(32-23)19-4-3-12-30(15-19)24(31)18-9-7-17(8-10-18)14-29-13-11-26-16-29/h1-2,5-11,13,16,19H,3-4,12,14-15H2. The minimum absolute atomic E-state index is 0.0303. The number of rotatable bonds is 5. The molecule has 2 aromatic carbocycles. The van der Waals surface area contributed by atoms with Crippen LogP contribution in [0.25, 0.3) is 10.6 Å². The van der Waals surface area contributed by atoms with Crippen molar-refractivity contribution in [3.63, 3.8) is 0 Å². The highest BCUT2D eigenvalue weighted by Gasteiger charge is 2.28. The minimum Gasteiger partial charge on any atom is -0.338 e. The van der Waals surface area contributed by atoms with E-state index in [1.807, 2.05) is 39.9 Å². The first-order valence-corrected chi connectivity index (χ1v) is 11.4. The molecule has 0 saturated carbocycles. The molecule has 32 heavy (non-hydrogen) atoms. The smallest absolute Gasteiger partial charge is 0.253 e. The summed E-state index contributed by atoms with van der Waals surface area (Å²) in [5, 5.41) is 9.97. The molecule has 1 unspecified atom stereocenters. The number of benzene rings is 2. The summed E-state index contributed by atoms with van der Waals surface area (Å²) in [7, 11) is 0. The molecule has 1 amide bonds. The van der Waals surface area contributed by atoms with E-state index in [4.69, 9.17) is 0 Å². The molecule has 1 fully saturated rings. The number of likely N-dealkylation sites (tertiary alicyclic amines) is 1. The Morgan fingerprint density at radius 3 is 2.75 bits per heavy atom. The van der Waals surface area contributed by atoms with Gasteiger partial charge in [0.25, 0.3) is 5.91 Å². The lowest BCUT2D eigenvalue weighted by Gasteiger charge is -2.31. The van der Waals surface area contributed by atoms with Crippen molar-refractivity contribution < 1.29 is 9.18 Å². The molecule has 0 aliphatic carbocycles. The van der Waals surface area contributed by atoms with Crippen LogP contribution in [0.4, 0.5) is 4.39 Å². The number of carbonyl (C=O) groups excluding carboxylic acids is 1. The Morgan fingerprint density at radius 2 is 1.97 bits per heavy atom. The van der Waals surface area contributed by atoms with Crippen molar-refractivity contribution in [1.82, 2.24) is 24.6 Å². The fourth-order valence-electron chi connectivity index (χ4n) is 4.03. The summed E-state index contributed by atoms with van der Waals surface area (Å²) in [6.07, 6.45) is 7.29. The van der Waals surface area contributed by atoms with Gasteiger partial charge in [0, 0.05) is 49.1 Å². The molecule has 0 radical (unpaired) electrons. The van der Waals surface area contributed by atoms with E-state index in [9.17, 15) is 9.18 Å². The first-order valence-electron chi connectivity index (χ1n) is 10.6. The Bertz CT molecular complexity index is 1210. The predicted octanol–water partition coefficient (Wildman–Crippen LogP) is 4.61. The van der Waals surface area contributed by atoms with E-state index in [1.165, 1.54) is 17.4 Å². The van der Waals surface area contributed by atoms with Crippen LogP contribution in [0.2, 0.25) is 0 Å². The summed E-state index contributed by atoms with van der Waals surface area (Å²) >= 11 is 1.41. The molecule has 4 aromatic rings. The van der Waals surface area contributed by atoms with Crippen LogP contribution in [0.15, 0.2) is 67.3 Å². The van der Waals surface area contributed by atoms with Crippen LogP contribution in [-0.4, -0.2) is 43.6 Å². The van der Waals surface area contributed by atoms with Gasteiger partial charge in [-0.1, -0.05) is 35.6 Å². The number of imidazole rings is 1. The Kier molecular flexibility index (Phi) is 5.77. The van der Waals surface area contributed by atoms with Gasteiger partial charge in [0.1, 0.15) is 10.8 Å². The first kappa shape index (κ1) is 20.5. The van der Waals surface area contributed by atoms with Gasteiger partial charge in [-0.25, -0.2) is 9.37 Å². The van der Waals surface area contributed by atoms with Crippen molar-refractivity contribution in [3.8, 4) is 10.6 Å². The van der Waals surface area contributed by atoms with Crippen LogP contribution in [-0.2, 0) is 6.54 Å². The lowest BCUT2D eigenvalue weighted by atomic mass is 9.98. The average molecular weight is 448 g/mol. The van der Waals surface area contributed by atoms with Crippen molar-refractivity contribution >= 4 is 17.2 Å². The summed E-state index contributed by atoms with van der Waals surface area (Å²) < 4.78 is 16.1. The van der Waals surface area contributed by atoms with Gasteiger partial charge < -0.3 is 9.47 Å². The zero-order valence-electron chi connectivity index (χ0n) is 17.4. The van der Waals surface area contributed by atoms with Crippen molar-refractivity contribution in [3.05, 3.63) is 89.2 Å². The molecule has 1 atom stereocenters. The lowest BCUT2D eigenvalue weighted by molar-refractivity contribution is 0.0707. The van der Waals surface area contributed by atoms with Gasteiger partial charge in [-0.05, 0) is 42.7 Å². The molecular weight excluding hydrogens is 425 g/mol. The van der Waals surface area contributed by atoms with E-state index >= 15 is 0 Å². The fourth-order valence-corrected chi connectivity index (χ4v) is 5.03. The number of amides is 1. The summed E-state index contributed by atoms with van der Waals surface area (Å²) in [5.74, 6) is -0.152. The van der Waals surface area contributed by atoms with Crippen LogP contribution in [0.5, 0.6) is 0 Å². The predicted molar refractivity (Wildman–Crippen MR) is 121 cm³/mol. The molecule has 5 rings (SSSR count). The molecule has 6 nitrogen and oxygen atoms in total. The van der Waals surface area contributed by atoms with Gasteiger partial charge in [0.2, 0.25) is 0 Å². The minimum atomic E-state index is -0.299. The van der Waals surface area contributed by atoms with Crippen LogP contribution in [0.3, 0.4) is 0 Å². The lowest BCUT2D eigenvalue weighted by Crippen LogP contribution is -2.39. The Morgan fingerprint density at radius 1 is 1.12 bits per heavy atom. The molecule has 162 valence electrons. The SMILES string of the molecule is O=C(c1ccc(Cn2ccnc2)cc1)N1CCCC(c2nnc(-c3ccccc3F)s2)C1. The molecule has 0 N–H and O–H groups in total. The van der Waals surface area contributed by atoms with Crippen molar-refractivity contribution in [1.29, 1.82) is 0 Å². The number of hydrogen-bond donors (Lipinski definition) is 0. The Labute approximate surface area is 189 Å². The molecule has 3 heterocycles. The number of nitrogens with zero attached hydrogens (tertiary/aromatic N) is 5. The number of piperidine rings is 1. The van der Waals surface area contributed by atoms with E-state index in [0.29, 0.717) is 22.7 Å².